The maximum atomic E-state index is 11.7. The molecule has 1 atom stereocenters. The molecule has 0 heterocycles. The van der Waals surface area contributed by atoms with Crippen LogP contribution < -0.4 is 34.9 Å². The molecule has 0 aromatic rings. The number of amides is 1. The van der Waals surface area contributed by atoms with Crippen LogP contribution in [0.1, 0.15) is 85.4 Å². The van der Waals surface area contributed by atoms with E-state index >= 15 is 0 Å². The van der Waals surface area contributed by atoms with Gasteiger partial charge >= 0.3 is 41.5 Å². The van der Waals surface area contributed by atoms with E-state index in [1.54, 1.807) is 0 Å². The van der Waals surface area contributed by atoms with E-state index in [9.17, 15) is 14.4 Å². The predicted molar refractivity (Wildman–Crippen MR) is 89.4 cm³/mol. The maximum Gasteiger partial charge on any atom is 1.00 e. The van der Waals surface area contributed by atoms with Crippen molar-refractivity contribution in [3.05, 3.63) is 0 Å². The van der Waals surface area contributed by atoms with Crippen molar-refractivity contribution >= 4 is 17.8 Å². The number of nitrogens with one attached hydrogen (secondary N) is 1. The number of hydrogen-bond donors (Lipinski definition) is 3. The van der Waals surface area contributed by atoms with E-state index < -0.39 is 18.0 Å². The first-order valence-electron chi connectivity index (χ1n) is 8.71. The number of aliphatic carboxylic acids is 2. The third kappa shape index (κ3) is 16.3. The molecule has 0 spiro atoms. The summed E-state index contributed by atoms with van der Waals surface area (Å²) in [5, 5.41) is 19.9. The van der Waals surface area contributed by atoms with Gasteiger partial charge in [0.25, 0.3) is 0 Å². The molecule has 0 radical (unpaired) electrons. The summed E-state index contributed by atoms with van der Waals surface area (Å²) in [5.41, 5.74) is 0. The van der Waals surface area contributed by atoms with Crippen molar-refractivity contribution < 1.29 is 55.6 Å². The monoisotopic (exact) mass is 353 g/mol. The summed E-state index contributed by atoms with van der Waals surface area (Å²) >= 11 is 0. The first-order chi connectivity index (χ1) is 11.0. The molecule has 0 aromatic carbocycles. The van der Waals surface area contributed by atoms with E-state index in [4.69, 9.17) is 10.2 Å². The van der Waals surface area contributed by atoms with Gasteiger partial charge in [0, 0.05) is 12.8 Å². The minimum atomic E-state index is -1.19. The Kier molecular flexibility index (Phi) is 18.4. The predicted octanol–water partition coefficient (Wildman–Crippen LogP) is 0.458. The van der Waals surface area contributed by atoms with Crippen LogP contribution in [0.5, 0.6) is 0 Å². The van der Waals surface area contributed by atoms with Crippen molar-refractivity contribution in [3.8, 4) is 0 Å². The van der Waals surface area contributed by atoms with Gasteiger partial charge in [0.2, 0.25) is 5.91 Å². The number of hydrogen-bond acceptors (Lipinski definition) is 3. The van der Waals surface area contributed by atoms with Crippen molar-refractivity contribution in [2.45, 2.75) is 90.0 Å². The van der Waals surface area contributed by atoms with Gasteiger partial charge < -0.3 is 17.0 Å². The van der Waals surface area contributed by atoms with Crippen LogP contribution in [0, 0.1) is 0 Å². The molecule has 0 saturated heterocycles. The SMILES string of the molecule is CCCCCCCCCCCC(=O)NC(CCC(=O)O)C(=O)O.[H-].[Na+]. The van der Waals surface area contributed by atoms with Crippen molar-refractivity contribution in [2.75, 3.05) is 0 Å². The molecule has 0 aliphatic heterocycles. The topological polar surface area (TPSA) is 104 Å². The van der Waals surface area contributed by atoms with Crippen molar-refractivity contribution in [1.29, 1.82) is 0 Å². The number of carboxylic acids is 2. The van der Waals surface area contributed by atoms with Crippen LogP contribution >= 0.6 is 0 Å². The summed E-state index contributed by atoms with van der Waals surface area (Å²) in [4.78, 5) is 33.1. The van der Waals surface area contributed by atoms with E-state index in [2.05, 4.69) is 12.2 Å². The average Bonchev–Trinajstić information content (AvgIpc) is 2.49. The van der Waals surface area contributed by atoms with Crippen LogP contribution in [0.15, 0.2) is 0 Å². The molecule has 1 unspecified atom stereocenters. The fourth-order valence-corrected chi connectivity index (χ4v) is 2.39. The van der Waals surface area contributed by atoms with Crippen LogP contribution in [0.25, 0.3) is 0 Å². The normalized spacial score (nSPS) is 11.4. The van der Waals surface area contributed by atoms with Gasteiger partial charge in [-0.3, -0.25) is 9.59 Å². The Morgan fingerprint density at radius 3 is 1.83 bits per heavy atom. The maximum absolute atomic E-state index is 11.7. The number of unbranched alkanes of at least 4 members (excludes halogenated alkanes) is 8. The van der Waals surface area contributed by atoms with Gasteiger partial charge in [-0.2, -0.15) is 0 Å². The minimum Gasteiger partial charge on any atom is -1.00 e. The van der Waals surface area contributed by atoms with Gasteiger partial charge in [0.15, 0.2) is 0 Å². The molecular weight excluding hydrogens is 321 g/mol. The molecule has 1 amide bonds. The third-order valence-electron chi connectivity index (χ3n) is 3.79. The Morgan fingerprint density at radius 1 is 0.875 bits per heavy atom. The first kappa shape index (κ1) is 25.6. The van der Waals surface area contributed by atoms with E-state index in [1.165, 1.54) is 38.5 Å². The average molecular weight is 353 g/mol. The summed E-state index contributed by atoms with van der Waals surface area (Å²) in [6.45, 7) is 2.20. The van der Waals surface area contributed by atoms with E-state index in [0.29, 0.717) is 6.42 Å². The molecule has 0 aliphatic rings. The van der Waals surface area contributed by atoms with Gasteiger partial charge in [-0.25, -0.2) is 4.79 Å². The molecule has 0 rings (SSSR count). The smallest absolute Gasteiger partial charge is 1.00 e. The Morgan fingerprint density at radius 2 is 1.38 bits per heavy atom. The molecule has 24 heavy (non-hydrogen) atoms. The van der Waals surface area contributed by atoms with Crippen LogP contribution in [0.3, 0.4) is 0 Å². The van der Waals surface area contributed by atoms with Gasteiger partial charge in [0.05, 0.1) is 0 Å². The zero-order valence-corrected chi connectivity index (χ0v) is 17.2. The van der Waals surface area contributed by atoms with Crippen LogP contribution in [0.4, 0.5) is 0 Å². The number of carboxylic acid groups (broad SMARTS) is 2. The molecule has 0 saturated carbocycles. The standard InChI is InChI=1S/C17H31NO5.Na.H/c1-2-3-4-5-6-7-8-9-10-11-15(19)18-14(17(22)23)12-13-16(20)21;;/h14H,2-13H2,1H3,(H,18,19)(H,20,21)(H,22,23);;/q;+1;-1. The van der Waals surface area contributed by atoms with Gasteiger partial charge in [0.1, 0.15) is 6.04 Å². The zero-order chi connectivity index (χ0) is 17.5. The molecule has 7 heteroatoms. The summed E-state index contributed by atoms with van der Waals surface area (Å²) in [7, 11) is 0. The molecule has 136 valence electrons. The third-order valence-corrected chi connectivity index (χ3v) is 3.79. The summed E-state index contributed by atoms with van der Waals surface area (Å²) in [5.74, 6) is -2.57. The molecule has 6 nitrogen and oxygen atoms in total. The summed E-state index contributed by atoms with van der Waals surface area (Å²) in [6, 6.07) is -1.11. The molecule has 0 aliphatic carbocycles. The van der Waals surface area contributed by atoms with E-state index in [1.807, 2.05) is 0 Å². The number of carbonyl (C=O) groups excluding carboxylic acids is 1. The molecule has 0 aromatic heterocycles. The van der Waals surface area contributed by atoms with Crippen LogP contribution in [0.2, 0.25) is 0 Å². The second-order valence-electron chi connectivity index (χ2n) is 5.97. The van der Waals surface area contributed by atoms with Gasteiger partial charge in [-0.05, 0) is 12.8 Å². The van der Waals surface area contributed by atoms with Crippen molar-refractivity contribution in [3.63, 3.8) is 0 Å². The molecule has 3 N–H and O–H groups in total. The summed E-state index contributed by atoms with van der Waals surface area (Å²) < 4.78 is 0. The quantitative estimate of drug-likeness (QED) is 0.293. The Hall–Kier alpha value is -0.590. The summed E-state index contributed by atoms with van der Waals surface area (Å²) in [6.07, 6.45) is 10.3. The van der Waals surface area contributed by atoms with E-state index in [0.717, 1.165) is 19.3 Å². The van der Waals surface area contributed by atoms with Crippen LogP contribution in [-0.2, 0) is 14.4 Å². The largest absolute Gasteiger partial charge is 1.00 e. The second-order valence-corrected chi connectivity index (χ2v) is 5.97. The Labute approximate surface area is 168 Å². The fourth-order valence-electron chi connectivity index (χ4n) is 2.39. The van der Waals surface area contributed by atoms with Crippen molar-refractivity contribution in [2.24, 2.45) is 0 Å². The fraction of sp³-hybridized carbons (Fsp3) is 0.824. The number of carbonyl (C=O) groups is 3. The van der Waals surface area contributed by atoms with Crippen molar-refractivity contribution in [1.82, 2.24) is 5.32 Å². The molecular formula is C17H32NNaO5. The van der Waals surface area contributed by atoms with Gasteiger partial charge in [-0.15, -0.1) is 0 Å². The molecule has 0 bridgehead atoms. The molecule has 0 fully saturated rings. The zero-order valence-electron chi connectivity index (χ0n) is 16.2. The number of rotatable bonds is 15. The Bertz CT molecular complexity index is 369. The van der Waals surface area contributed by atoms with E-state index in [-0.39, 0.29) is 49.7 Å². The van der Waals surface area contributed by atoms with Crippen LogP contribution in [-0.4, -0.2) is 34.1 Å². The minimum absolute atomic E-state index is 0. The Balaban J connectivity index is -0.00000242. The first-order valence-corrected chi connectivity index (χ1v) is 8.71. The second kappa shape index (κ2) is 17.2. The van der Waals surface area contributed by atoms with Gasteiger partial charge in [-0.1, -0.05) is 58.3 Å².